The number of carbonyl (C=O) groups excluding carboxylic acids is 1. The van der Waals surface area contributed by atoms with Crippen LogP contribution in [-0.2, 0) is 17.8 Å². The fourth-order valence-electron chi connectivity index (χ4n) is 2.29. The molecule has 1 saturated carbocycles. The second-order valence-corrected chi connectivity index (χ2v) is 4.40. The number of aromatic nitrogens is 2. The molecular formula is C11H14N2O. The summed E-state index contributed by atoms with van der Waals surface area (Å²) in [6.07, 6.45) is 4.11. The van der Waals surface area contributed by atoms with E-state index in [1.807, 2.05) is 0 Å². The van der Waals surface area contributed by atoms with Crippen molar-refractivity contribution >= 4 is 5.78 Å². The molecule has 2 heterocycles. The minimum atomic E-state index is 0.358. The first-order valence-electron chi connectivity index (χ1n) is 5.33. The van der Waals surface area contributed by atoms with Gasteiger partial charge in [0.1, 0.15) is 5.82 Å². The van der Waals surface area contributed by atoms with Crippen LogP contribution in [0, 0.1) is 6.92 Å². The molecule has 0 unspecified atom stereocenters. The van der Waals surface area contributed by atoms with Gasteiger partial charge in [0.05, 0.1) is 12.2 Å². The number of aryl methyl sites for hydroxylation is 1. The molecule has 2 aliphatic rings. The van der Waals surface area contributed by atoms with Gasteiger partial charge in [0, 0.05) is 18.0 Å². The van der Waals surface area contributed by atoms with E-state index >= 15 is 0 Å². The van der Waals surface area contributed by atoms with E-state index in [0.29, 0.717) is 24.7 Å². The topological polar surface area (TPSA) is 34.9 Å². The van der Waals surface area contributed by atoms with E-state index in [4.69, 9.17) is 0 Å². The molecule has 1 aliphatic carbocycles. The van der Waals surface area contributed by atoms with E-state index in [-0.39, 0.29) is 0 Å². The Kier molecular flexibility index (Phi) is 1.58. The Hall–Kier alpha value is -1.12. The molecule has 1 aromatic rings. The van der Waals surface area contributed by atoms with E-state index < -0.39 is 0 Å². The van der Waals surface area contributed by atoms with Crippen molar-refractivity contribution in [2.75, 3.05) is 0 Å². The van der Waals surface area contributed by atoms with Gasteiger partial charge in [0.25, 0.3) is 0 Å². The van der Waals surface area contributed by atoms with Gasteiger partial charge in [-0.3, -0.25) is 4.79 Å². The normalized spacial score (nSPS) is 21.1. The molecular weight excluding hydrogens is 176 g/mol. The lowest BCUT2D eigenvalue weighted by Crippen LogP contribution is -2.21. The summed E-state index contributed by atoms with van der Waals surface area (Å²) >= 11 is 0. The lowest BCUT2D eigenvalue weighted by atomic mass is 10.1. The highest BCUT2D eigenvalue weighted by molar-refractivity contribution is 5.79. The highest BCUT2D eigenvalue weighted by atomic mass is 16.1. The summed E-state index contributed by atoms with van der Waals surface area (Å²) in [7, 11) is 0. The van der Waals surface area contributed by atoms with Crippen LogP contribution in [-0.4, -0.2) is 15.3 Å². The lowest BCUT2D eigenvalue weighted by molar-refractivity contribution is -0.120. The SMILES string of the molecule is Cc1nc(C2CC2)n2c1CCC(=O)C2. The summed E-state index contributed by atoms with van der Waals surface area (Å²) in [5.41, 5.74) is 2.44. The molecule has 3 rings (SSSR count). The van der Waals surface area contributed by atoms with E-state index in [2.05, 4.69) is 16.5 Å². The van der Waals surface area contributed by atoms with E-state index in [0.717, 1.165) is 12.1 Å². The van der Waals surface area contributed by atoms with Gasteiger partial charge in [-0.2, -0.15) is 0 Å². The largest absolute Gasteiger partial charge is 0.324 e. The number of fused-ring (bicyclic) bond motifs is 1. The second kappa shape index (κ2) is 2.69. The van der Waals surface area contributed by atoms with Gasteiger partial charge in [-0.15, -0.1) is 0 Å². The van der Waals surface area contributed by atoms with Gasteiger partial charge in [0.2, 0.25) is 0 Å². The standard InChI is InChI=1S/C11H14N2O/c1-7-10-5-4-9(14)6-13(10)11(12-7)8-2-3-8/h8H,2-6H2,1H3. The molecule has 0 saturated heterocycles. The Labute approximate surface area is 83.1 Å². The number of rotatable bonds is 1. The maximum absolute atomic E-state index is 11.4. The maximum atomic E-state index is 11.4. The number of carbonyl (C=O) groups is 1. The van der Waals surface area contributed by atoms with Crippen molar-refractivity contribution in [3.63, 3.8) is 0 Å². The van der Waals surface area contributed by atoms with Crippen LogP contribution >= 0.6 is 0 Å². The molecule has 74 valence electrons. The molecule has 0 radical (unpaired) electrons. The zero-order valence-electron chi connectivity index (χ0n) is 8.42. The zero-order chi connectivity index (χ0) is 9.71. The van der Waals surface area contributed by atoms with Crippen molar-refractivity contribution < 1.29 is 4.79 Å². The quantitative estimate of drug-likeness (QED) is 0.674. The van der Waals surface area contributed by atoms with Gasteiger partial charge >= 0.3 is 0 Å². The van der Waals surface area contributed by atoms with Gasteiger partial charge in [0.15, 0.2) is 5.78 Å². The molecule has 3 heteroatoms. The van der Waals surface area contributed by atoms with Crippen LogP contribution in [0.25, 0.3) is 0 Å². The number of nitrogens with zero attached hydrogens (tertiary/aromatic N) is 2. The van der Waals surface area contributed by atoms with Crippen molar-refractivity contribution in [3.8, 4) is 0 Å². The van der Waals surface area contributed by atoms with Crippen LogP contribution in [0.4, 0.5) is 0 Å². The molecule has 1 aromatic heterocycles. The van der Waals surface area contributed by atoms with Crippen LogP contribution in [0.15, 0.2) is 0 Å². The third-order valence-corrected chi connectivity index (χ3v) is 3.22. The molecule has 0 bridgehead atoms. The van der Waals surface area contributed by atoms with Gasteiger partial charge in [-0.25, -0.2) is 4.98 Å². The third kappa shape index (κ3) is 1.11. The summed E-state index contributed by atoms with van der Waals surface area (Å²) < 4.78 is 2.17. The Morgan fingerprint density at radius 2 is 2.14 bits per heavy atom. The summed E-state index contributed by atoms with van der Waals surface area (Å²) in [4.78, 5) is 16.0. The van der Waals surface area contributed by atoms with Crippen molar-refractivity contribution in [1.29, 1.82) is 0 Å². The highest BCUT2D eigenvalue weighted by Gasteiger charge is 2.32. The molecule has 1 fully saturated rings. The summed E-state index contributed by atoms with van der Waals surface area (Å²) in [5, 5.41) is 0. The fraction of sp³-hybridized carbons (Fsp3) is 0.636. The molecule has 0 amide bonds. The van der Waals surface area contributed by atoms with Crippen molar-refractivity contribution in [2.45, 2.75) is 45.1 Å². The first-order chi connectivity index (χ1) is 6.75. The Bertz CT molecular complexity index is 402. The molecule has 0 aromatic carbocycles. The van der Waals surface area contributed by atoms with Gasteiger partial charge in [-0.1, -0.05) is 0 Å². The molecule has 14 heavy (non-hydrogen) atoms. The fourth-order valence-corrected chi connectivity index (χ4v) is 2.29. The van der Waals surface area contributed by atoms with E-state index in [9.17, 15) is 4.79 Å². The lowest BCUT2D eigenvalue weighted by Gasteiger charge is -2.15. The zero-order valence-corrected chi connectivity index (χ0v) is 8.42. The molecule has 0 atom stereocenters. The van der Waals surface area contributed by atoms with Crippen molar-refractivity contribution in [1.82, 2.24) is 9.55 Å². The smallest absolute Gasteiger partial charge is 0.152 e. The number of hydrogen-bond donors (Lipinski definition) is 0. The van der Waals surface area contributed by atoms with Crippen LogP contribution in [0.2, 0.25) is 0 Å². The van der Waals surface area contributed by atoms with Crippen LogP contribution in [0.3, 0.4) is 0 Å². The number of hydrogen-bond acceptors (Lipinski definition) is 2. The van der Waals surface area contributed by atoms with Crippen LogP contribution < -0.4 is 0 Å². The first-order valence-corrected chi connectivity index (χ1v) is 5.33. The van der Waals surface area contributed by atoms with Gasteiger partial charge in [-0.05, 0) is 26.2 Å². The number of ketones is 1. The monoisotopic (exact) mass is 190 g/mol. The van der Waals surface area contributed by atoms with Crippen molar-refractivity contribution in [2.24, 2.45) is 0 Å². The Morgan fingerprint density at radius 1 is 1.36 bits per heavy atom. The predicted molar refractivity (Wildman–Crippen MR) is 52.3 cm³/mol. The van der Waals surface area contributed by atoms with E-state index in [1.165, 1.54) is 24.4 Å². The average Bonchev–Trinajstić information content (AvgIpc) is 2.93. The van der Waals surface area contributed by atoms with E-state index in [1.54, 1.807) is 0 Å². The Morgan fingerprint density at radius 3 is 2.86 bits per heavy atom. The first kappa shape index (κ1) is 8.21. The highest BCUT2D eigenvalue weighted by Crippen LogP contribution is 2.40. The summed E-state index contributed by atoms with van der Waals surface area (Å²) in [5.74, 6) is 2.18. The maximum Gasteiger partial charge on any atom is 0.152 e. The molecule has 1 aliphatic heterocycles. The van der Waals surface area contributed by atoms with Crippen LogP contribution in [0.1, 0.15) is 42.4 Å². The Balaban J connectivity index is 2.09. The minimum Gasteiger partial charge on any atom is -0.324 e. The number of imidazole rings is 1. The summed E-state index contributed by atoms with van der Waals surface area (Å²) in [6.45, 7) is 2.63. The minimum absolute atomic E-state index is 0.358. The van der Waals surface area contributed by atoms with Crippen molar-refractivity contribution in [3.05, 3.63) is 17.2 Å². The number of Topliss-reactive ketones (excluding diaryl/α,β-unsaturated/α-hetero) is 1. The molecule has 0 spiro atoms. The second-order valence-electron chi connectivity index (χ2n) is 4.40. The molecule has 3 nitrogen and oxygen atoms in total. The van der Waals surface area contributed by atoms with Crippen LogP contribution in [0.5, 0.6) is 0 Å². The summed E-state index contributed by atoms with van der Waals surface area (Å²) in [6, 6.07) is 0. The van der Waals surface area contributed by atoms with Gasteiger partial charge < -0.3 is 4.57 Å². The molecule has 0 N–H and O–H groups in total. The predicted octanol–water partition coefficient (Wildman–Crippen LogP) is 1.58. The average molecular weight is 190 g/mol. The third-order valence-electron chi connectivity index (χ3n) is 3.22.